The van der Waals surface area contributed by atoms with Gasteiger partial charge >= 0.3 is 5.97 Å². The number of para-hydroxylation sites is 1. The summed E-state index contributed by atoms with van der Waals surface area (Å²) >= 11 is 0. The minimum atomic E-state index is -1.10. The van der Waals surface area contributed by atoms with Crippen molar-refractivity contribution >= 4 is 16.9 Å². The van der Waals surface area contributed by atoms with Gasteiger partial charge in [-0.1, -0.05) is 18.2 Å². The van der Waals surface area contributed by atoms with Crippen molar-refractivity contribution in [2.45, 2.75) is 12.5 Å². The van der Waals surface area contributed by atoms with E-state index >= 15 is 0 Å². The second-order valence-corrected chi connectivity index (χ2v) is 3.77. The molecule has 1 aromatic heterocycles. The molecule has 1 aromatic carbocycles. The molecular formula is C11H12N4O2. The number of carboxylic acid groups (broad SMARTS) is 1. The van der Waals surface area contributed by atoms with Crippen molar-refractivity contribution in [1.82, 2.24) is 4.68 Å². The molecular weight excluding hydrogens is 220 g/mol. The van der Waals surface area contributed by atoms with Crippen LogP contribution in [0.15, 0.2) is 35.6 Å². The molecule has 1 atom stereocenters. The zero-order valence-corrected chi connectivity index (χ0v) is 9.00. The Morgan fingerprint density at radius 1 is 1.53 bits per heavy atom. The highest BCUT2D eigenvalue weighted by atomic mass is 16.4. The summed E-state index contributed by atoms with van der Waals surface area (Å²) < 4.78 is 1.45. The minimum Gasteiger partial charge on any atom is -0.480 e. The second-order valence-electron chi connectivity index (χ2n) is 3.77. The molecule has 17 heavy (non-hydrogen) atoms. The lowest BCUT2D eigenvalue weighted by atomic mass is 10.1. The van der Waals surface area contributed by atoms with Crippen molar-refractivity contribution in [3.63, 3.8) is 0 Å². The standard InChI is InChI=1S/C11H12N4O2/c12-14-9(11(16)17)5-7-6-15(13)10-4-2-1-3-8(7)10/h1-4,6,9,12H,5,13H2,(H,16,17)/t9-/m0/s1. The smallest absolute Gasteiger partial charge is 0.330 e. The summed E-state index contributed by atoms with van der Waals surface area (Å²) in [5, 5.41) is 12.9. The van der Waals surface area contributed by atoms with Gasteiger partial charge in [0.15, 0.2) is 6.04 Å². The van der Waals surface area contributed by atoms with Crippen LogP contribution in [0.2, 0.25) is 0 Å². The molecule has 4 N–H and O–H groups in total. The summed E-state index contributed by atoms with van der Waals surface area (Å²) in [6, 6.07) is 6.39. The van der Waals surface area contributed by atoms with Crippen LogP contribution in [0.5, 0.6) is 0 Å². The average molecular weight is 232 g/mol. The van der Waals surface area contributed by atoms with Crippen LogP contribution < -0.4 is 5.84 Å². The molecule has 6 heteroatoms. The predicted molar refractivity (Wildman–Crippen MR) is 62.4 cm³/mol. The van der Waals surface area contributed by atoms with Crippen LogP contribution in [0.4, 0.5) is 0 Å². The van der Waals surface area contributed by atoms with Crippen molar-refractivity contribution in [1.29, 1.82) is 5.53 Å². The number of hydrogen-bond acceptors (Lipinski definition) is 4. The Labute approximate surface area is 97.1 Å². The third-order valence-electron chi connectivity index (χ3n) is 2.68. The highest BCUT2D eigenvalue weighted by Gasteiger charge is 2.19. The van der Waals surface area contributed by atoms with Gasteiger partial charge in [-0.15, -0.1) is 0 Å². The van der Waals surface area contributed by atoms with E-state index in [-0.39, 0.29) is 6.42 Å². The molecule has 1 heterocycles. The first-order valence-electron chi connectivity index (χ1n) is 5.07. The monoisotopic (exact) mass is 232 g/mol. The number of aliphatic carboxylic acids is 1. The van der Waals surface area contributed by atoms with E-state index in [4.69, 9.17) is 16.5 Å². The van der Waals surface area contributed by atoms with Gasteiger partial charge in [-0.3, -0.25) is 4.68 Å². The summed E-state index contributed by atoms with van der Waals surface area (Å²) in [4.78, 5) is 10.8. The summed E-state index contributed by atoms with van der Waals surface area (Å²) in [6.07, 6.45) is 1.84. The third-order valence-corrected chi connectivity index (χ3v) is 2.68. The molecule has 0 spiro atoms. The van der Waals surface area contributed by atoms with E-state index < -0.39 is 12.0 Å². The van der Waals surface area contributed by atoms with E-state index in [2.05, 4.69) is 5.11 Å². The zero-order valence-electron chi connectivity index (χ0n) is 9.00. The molecule has 0 unspecified atom stereocenters. The van der Waals surface area contributed by atoms with Crippen molar-refractivity contribution < 1.29 is 9.90 Å². The fraction of sp³-hybridized carbons (Fsp3) is 0.182. The second kappa shape index (κ2) is 4.25. The van der Waals surface area contributed by atoms with Gasteiger partial charge in [-0.05, 0) is 11.6 Å². The quantitative estimate of drug-likeness (QED) is 0.547. The Balaban J connectivity index is 2.42. The van der Waals surface area contributed by atoms with Gasteiger partial charge in [-0.25, -0.2) is 10.3 Å². The van der Waals surface area contributed by atoms with Crippen molar-refractivity contribution in [2.75, 3.05) is 5.84 Å². The molecule has 0 fully saturated rings. The Morgan fingerprint density at radius 3 is 2.88 bits per heavy atom. The molecule has 88 valence electrons. The van der Waals surface area contributed by atoms with E-state index in [1.807, 2.05) is 24.3 Å². The molecule has 2 aromatic rings. The van der Waals surface area contributed by atoms with Gasteiger partial charge in [0.1, 0.15) is 0 Å². The fourth-order valence-corrected chi connectivity index (χ4v) is 1.84. The molecule has 0 radical (unpaired) electrons. The van der Waals surface area contributed by atoms with Gasteiger partial charge in [0.05, 0.1) is 5.52 Å². The van der Waals surface area contributed by atoms with Gasteiger partial charge < -0.3 is 10.9 Å². The molecule has 0 saturated heterocycles. The number of rotatable bonds is 4. The number of carbonyl (C=O) groups is 1. The Hall–Kier alpha value is -2.37. The number of nitrogens with two attached hydrogens (primary N) is 1. The molecule has 6 nitrogen and oxygen atoms in total. The number of hydrogen-bond donors (Lipinski definition) is 3. The van der Waals surface area contributed by atoms with E-state index in [9.17, 15) is 4.79 Å². The minimum absolute atomic E-state index is 0.170. The first-order chi connectivity index (χ1) is 8.13. The number of benzene rings is 1. The van der Waals surface area contributed by atoms with Crippen LogP contribution in [0.1, 0.15) is 5.56 Å². The normalized spacial score (nSPS) is 12.5. The highest BCUT2D eigenvalue weighted by Crippen LogP contribution is 2.21. The maximum Gasteiger partial charge on any atom is 0.330 e. The number of fused-ring (bicyclic) bond motifs is 1. The molecule has 0 aliphatic carbocycles. The molecule has 2 rings (SSSR count). The van der Waals surface area contributed by atoms with Gasteiger partial charge in [0, 0.05) is 18.0 Å². The average Bonchev–Trinajstić information content (AvgIpc) is 2.63. The fourth-order valence-electron chi connectivity index (χ4n) is 1.84. The van der Waals surface area contributed by atoms with Gasteiger partial charge in [0.25, 0.3) is 0 Å². The summed E-state index contributed by atoms with van der Waals surface area (Å²) in [5.41, 5.74) is 8.47. The number of nitrogens with zero attached hydrogens (tertiary/aromatic N) is 2. The largest absolute Gasteiger partial charge is 0.480 e. The third kappa shape index (κ3) is 1.96. The van der Waals surface area contributed by atoms with Crippen LogP contribution in [-0.2, 0) is 11.2 Å². The van der Waals surface area contributed by atoms with E-state index in [0.717, 1.165) is 16.5 Å². The van der Waals surface area contributed by atoms with Crippen molar-refractivity contribution in [3.05, 3.63) is 36.0 Å². The van der Waals surface area contributed by atoms with Crippen LogP contribution in [0, 0.1) is 5.53 Å². The molecule has 0 aliphatic rings. The molecule has 0 saturated carbocycles. The number of aromatic nitrogens is 1. The van der Waals surface area contributed by atoms with Crippen LogP contribution >= 0.6 is 0 Å². The molecule has 0 aliphatic heterocycles. The first-order valence-corrected chi connectivity index (χ1v) is 5.07. The zero-order chi connectivity index (χ0) is 12.4. The summed E-state index contributed by atoms with van der Waals surface area (Å²) in [7, 11) is 0. The first kappa shape index (κ1) is 11.1. The lowest BCUT2D eigenvalue weighted by Crippen LogP contribution is -2.19. The van der Waals surface area contributed by atoms with Crippen LogP contribution in [0.25, 0.3) is 10.9 Å². The number of nitrogen functional groups attached to an aromatic ring is 1. The van der Waals surface area contributed by atoms with Gasteiger partial charge in [-0.2, -0.15) is 5.11 Å². The summed E-state index contributed by atoms with van der Waals surface area (Å²) in [5.74, 6) is 4.66. The Kier molecular flexibility index (Phi) is 2.78. The maximum atomic E-state index is 10.8. The molecule has 0 amide bonds. The van der Waals surface area contributed by atoms with E-state index in [1.165, 1.54) is 4.68 Å². The van der Waals surface area contributed by atoms with E-state index in [1.54, 1.807) is 6.20 Å². The van der Waals surface area contributed by atoms with Crippen molar-refractivity contribution in [2.24, 2.45) is 5.11 Å². The lowest BCUT2D eigenvalue weighted by Gasteiger charge is -2.03. The predicted octanol–water partition coefficient (Wildman–Crippen LogP) is 1.38. The van der Waals surface area contributed by atoms with E-state index in [0.29, 0.717) is 0 Å². The van der Waals surface area contributed by atoms with Crippen LogP contribution in [-0.4, -0.2) is 21.8 Å². The Bertz CT molecular complexity index is 576. The number of carboxylic acids is 1. The van der Waals surface area contributed by atoms with Crippen molar-refractivity contribution in [3.8, 4) is 0 Å². The Morgan fingerprint density at radius 2 is 2.24 bits per heavy atom. The highest BCUT2D eigenvalue weighted by molar-refractivity contribution is 5.85. The number of nitrogens with one attached hydrogen (secondary N) is 1. The topological polar surface area (TPSA) is 104 Å². The van der Waals surface area contributed by atoms with Crippen LogP contribution in [0.3, 0.4) is 0 Å². The SMILES string of the molecule is N=N[C@@H](Cc1cn(N)c2ccccc12)C(=O)O. The maximum absolute atomic E-state index is 10.8. The summed E-state index contributed by atoms with van der Waals surface area (Å²) in [6.45, 7) is 0. The van der Waals surface area contributed by atoms with Gasteiger partial charge in [0.2, 0.25) is 0 Å². The lowest BCUT2D eigenvalue weighted by molar-refractivity contribution is -0.138. The molecule has 0 bridgehead atoms.